The van der Waals surface area contributed by atoms with Crippen molar-refractivity contribution in [3.63, 3.8) is 0 Å². The molecule has 2 aromatic rings. The number of benzene rings is 1. The Morgan fingerprint density at radius 1 is 1.32 bits per heavy atom. The summed E-state index contributed by atoms with van der Waals surface area (Å²) >= 11 is 0. The zero-order valence-electron chi connectivity index (χ0n) is 11.5. The van der Waals surface area contributed by atoms with Crippen molar-refractivity contribution in [2.75, 3.05) is 5.32 Å². The molecule has 9 heteroatoms. The molecule has 1 N–H and O–H groups in total. The second kappa shape index (κ2) is 5.74. The number of nitrogens with zero attached hydrogens (tertiary/aromatic N) is 2. The molecule has 0 unspecified atom stereocenters. The molecular weight excluding hydrogens is 306 g/mol. The maximum atomic E-state index is 13.9. The van der Waals surface area contributed by atoms with E-state index in [1.54, 1.807) is 13.8 Å². The normalized spacial score (nSPS) is 11.8. The van der Waals surface area contributed by atoms with Gasteiger partial charge in [0.25, 0.3) is 0 Å². The quantitative estimate of drug-likeness (QED) is 0.880. The first-order valence-corrected chi connectivity index (χ1v) is 6.20. The van der Waals surface area contributed by atoms with Crippen LogP contribution in [0.2, 0.25) is 0 Å². The van der Waals surface area contributed by atoms with Crippen LogP contribution < -0.4 is 5.32 Å². The summed E-state index contributed by atoms with van der Waals surface area (Å²) in [5, 5.41) is 5.51. The molecule has 1 amide bonds. The average molecular weight is 317 g/mol. The number of carbonyl (C=O) groups is 1. The van der Waals surface area contributed by atoms with Crippen molar-refractivity contribution in [1.29, 1.82) is 0 Å². The van der Waals surface area contributed by atoms with E-state index in [-0.39, 0.29) is 23.1 Å². The molecule has 0 saturated heterocycles. The first kappa shape index (κ1) is 15.9. The van der Waals surface area contributed by atoms with E-state index in [0.717, 1.165) is 6.07 Å². The minimum Gasteiger partial charge on any atom is -0.329 e. The number of nitrogens with one attached hydrogen (secondary N) is 1. The fraction of sp³-hybridized carbons (Fsp3) is 0.308. The van der Waals surface area contributed by atoms with Gasteiger partial charge in [-0.25, -0.2) is 4.39 Å². The molecule has 0 aliphatic heterocycles. The standard InChI is InChI=1S/C13H11F4N3O2/c1-6(2)11(21)18-9-4-3-7(5-8(9)14)10-19-12(22-20-10)13(15,16)17/h3-6H,1-2H3,(H,18,21). The molecule has 0 spiro atoms. The van der Waals surface area contributed by atoms with Crippen molar-refractivity contribution in [2.45, 2.75) is 20.0 Å². The highest BCUT2D eigenvalue weighted by atomic mass is 19.4. The predicted molar refractivity (Wildman–Crippen MR) is 68.2 cm³/mol. The van der Waals surface area contributed by atoms with Crippen LogP contribution in [0.15, 0.2) is 22.7 Å². The van der Waals surface area contributed by atoms with E-state index in [9.17, 15) is 22.4 Å². The highest BCUT2D eigenvalue weighted by Gasteiger charge is 2.38. The zero-order chi connectivity index (χ0) is 16.5. The number of aromatic nitrogens is 2. The molecule has 22 heavy (non-hydrogen) atoms. The lowest BCUT2D eigenvalue weighted by Gasteiger charge is -2.09. The second-order valence-electron chi connectivity index (χ2n) is 4.76. The Morgan fingerprint density at radius 2 is 2.00 bits per heavy atom. The van der Waals surface area contributed by atoms with Crippen LogP contribution in [-0.2, 0) is 11.0 Å². The van der Waals surface area contributed by atoms with Crippen molar-refractivity contribution in [2.24, 2.45) is 5.92 Å². The van der Waals surface area contributed by atoms with Gasteiger partial charge in [-0.15, -0.1) is 0 Å². The monoisotopic (exact) mass is 317 g/mol. The Morgan fingerprint density at radius 3 is 2.50 bits per heavy atom. The molecule has 118 valence electrons. The largest absolute Gasteiger partial charge is 0.471 e. The topological polar surface area (TPSA) is 68.0 Å². The van der Waals surface area contributed by atoms with Gasteiger partial charge in [0.15, 0.2) is 0 Å². The van der Waals surface area contributed by atoms with E-state index in [1.807, 2.05) is 0 Å². The van der Waals surface area contributed by atoms with Crippen LogP contribution in [0.1, 0.15) is 19.7 Å². The zero-order valence-corrected chi connectivity index (χ0v) is 11.5. The van der Waals surface area contributed by atoms with Crippen LogP contribution >= 0.6 is 0 Å². The van der Waals surface area contributed by atoms with Crippen molar-refractivity contribution in [1.82, 2.24) is 10.1 Å². The molecule has 0 radical (unpaired) electrons. The van der Waals surface area contributed by atoms with Gasteiger partial charge in [-0.1, -0.05) is 19.0 Å². The highest BCUT2D eigenvalue weighted by Crippen LogP contribution is 2.30. The summed E-state index contributed by atoms with van der Waals surface area (Å²) in [6.45, 7) is 3.28. The Hall–Kier alpha value is -2.45. The van der Waals surface area contributed by atoms with E-state index in [1.165, 1.54) is 12.1 Å². The van der Waals surface area contributed by atoms with Gasteiger partial charge in [0, 0.05) is 11.5 Å². The first-order chi connectivity index (χ1) is 10.2. The third-order valence-corrected chi connectivity index (χ3v) is 2.68. The molecule has 1 aromatic carbocycles. The maximum Gasteiger partial charge on any atom is 0.471 e. The van der Waals surface area contributed by atoms with Crippen molar-refractivity contribution in [3.8, 4) is 11.4 Å². The van der Waals surface area contributed by atoms with Crippen LogP contribution in [0.5, 0.6) is 0 Å². The summed E-state index contributed by atoms with van der Waals surface area (Å²) in [7, 11) is 0. The van der Waals surface area contributed by atoms with Gasteiger partial charge < -0.3 is 9.84 Å². The lowest BCUT2D eigenvalue weighted by Crippen LogP contribution is -2.18. The lowest BCUT2D eigenvalue weighted by atomic mass is 10.1. The minimum absolute atomic E-state index is 0.000652. The van der Waals surface area contributed by atoms with Crippen LogP contribution in [0, 0.1) is 11.7 Å². The Labute approximate surface area is 122 Å². The molecule has 0 atom stereocenters. The number of carbonyl (C=O) groups excluding carboxylic acids is 1. The third kappa shape index (κ3) is 3.41. The molecule has 1 aromatic heterocycles. The van der Waals surface area contributed by atoms with Gasteiger partial charge in [-0.05, 0) is 18.2 Å². The number of rotatable bonds is 3. The van der Waals surface area contributed by atoms with Gasteiger partial charge in [0.2, 0.25) is 11.7 Å². The third-order valence-electron chi connectivity index (χ3n) is 2.68. The number of hydrogen-bond donors (Lipinski definition) is 1. The molecule has 0 saturated carbocycles. The second-order valence-corrected chi connectivity index (χ2v) is 4.76. The average Bonchev–Trinajstić information content (AvgIpc) is 2.90. The van der Waals surface area contributed by atoms with E-state index in [4.69, 9.17) is 0 Å². The van der Waals surface area contributed by atoms with Crippen LogP contribution in [0.25, 0.3) is 11.4 Å². The fourth-order valence-corrected chi connectivity index (χ4v) is 1.49. The molecule has 0 fully saturated rings. The number of amides is 1. The Kier molecular flexibility index (Phi) is 4.16. The van der Waals surface area contributed by atoms with E-state index >= 15 is 0 Å². The summed E-state index contributed by atoms with van der Waals surface area (Å²) in [5.41, 5.74) is -0.0821. The summed E-state index contributed by atoms with van der Waals surface area (Å²) in [4.78, 5) is 14.6. The summed E-state index contributed by atoms with van der Waals surface area (Å²) in [6, 6.07) is 3.42. The number of hydrogen-bond acceptors (Lipinski definition) is 4. The molecule has 0 bridgehead atoms. The van der Waals surface area contributed by atoms with Crippen LogP contribution in [-0.4, -0.2) is 16.0 Å². The smallest absolute Gasteiger partial charge is 0.329 e. The Balaban J connectivity index is 2.26. The molecule has 5 nitrogen and oxygen atoms in total. The molecule has 2 rings (SSSR count). The van der Waals surface area contributed by atoms with Crippen molar-refractivity contribution >= 4 is 11.6 Å². The number of anilines is 1. The van der Waals surface area contributed by atoms with Crippen LogP contribution in [0.3, 0.4) is 0 Å². The van der Waals surface area contributed by atoms with Gasteiger partial charge in [0.05, 0.1) is 5.69 Å². The van der Waals surface area contributed by atoms with E-state index in [0.29, 0.717) is 0 Å². The van der Waals surface area contributed by atoms with Crippen molar-refractivity contribution in [3.05, 3.63) is 29.9 Å². The molecule has 0 aliphatic carbocycles. The number of halogens is 4. The minimum atomic E-state index is -4.77. The molecule has 1 heterocycles. The Bertz CT molecular complexity index is 695. The summed E-state index contributed by atoms with van der Waals surface area (Å²) in [6.07, 6.45) is -4.77. The van der Waals surface area contributed by atoms with Gasteiger partial charge in [0.1, 0.15) is 5.82 Å². The fourth-order valence-electron chi connectivity index (χ4n) is 1.49. The first-order valence-electron chi connectivity index (χ1n) is 6.20. The van der Waals surface area contributed by atoms with Crippen molar-refractivity contribution < 1.29 is 26.9 Å². The van der Waals surface area contributed by atoms with Gasteiger partial charge in [-0.2, -0.15) is 18.2 Å². The van der Waals surface area contributed by atoms with E-state index in [2.05, 4.69) is 20.0 Å². The van der Waals surface area contributed by atoms with Gasteiger partial charge >= 0.3 is 12.1 Å². The summed E-state index contributed by atoms with van der Waals surface area (Å²) in [5.74, 6) is -3.45. The predicted octanol–water partition coefficient (Wildman–Crippen LogP) is 3.49. The lowest BCUT2D eigenvalue weighted by molar-refractivity contribution is -0.159. The van der Waals surface area contributed by atoms with E-state index < -0.39 is 23.7 Å². The maximum absolute atomic E-state index is 13.9. The SMILES string of the molecule is CC(C)C(=O)Nc1ccc(-c2noc(C(F)(F)F)n2)cc1F. The molecule has 0 aliphatic rings. The number of alkyl halides is 3. The highest BCUT2D eigenvalue weighted by molar-refractivity contribution is 5.92. The molecular formula is C13H11F4N3O2. The van der Waals surface area contributed by atoms with Crippen LogP contribution in [0.4, 0.5) is 23.2 Å². The van der Waals surface area contributed by atoms with Gasteiger partial charge in [-0.3, -0.25) is 4.79 Å². The summed E-state index contributed by atoms with van der Waals surface area (Å²) < 4.78 is 55.0.